The van der Waals surface area contributed by atoms with Crippen molar-refractivity contribution < 1.29 is 8.42 Å². The molecule has 98 valence electrons. The Kier molecular flexibility index (Phi) is 8.02. The number of nitrogens with one attached hydrogen (secondary N) is 1. The molecular formula is C12H27NO2S. The summed E-state index contributed by atoms with van der Waals surface area (Å²) in [5.74, 6) is 0.337. The lowest BCUT2D eigenvalue weighted by Gasteiger charge is -2.17. The van der Waals surface area contributed by atoms with Gasteiger partial charge in [0.05, 0.1) is 11.0 Å². The van der Waals surface area contributed by atoms with E-state index in [1.54, 1.807) is 6.92 Å². The molecule has 0 radical (unpaired) electrons. The highest BCUT2D eigenvalue weighted by Crippen LogP contribution is 2.06. The van der Waals surface area contributed by atoms with Gasteiger partial charge in [-0.25, -0.2) is 8.42 Å². The summed E-state index contributed by atoms with van der Waals surface area (Å²) in [4.78, 5) is 0. The van der Waals surface area contributed by atoms with Crippen LogP contribution in [-0.4, -0.2) is 32.0 Å². The Hall–Kier alpha value is -0.0900. The molecule has 0 saturated carbocycles. The maximum atomic E-state index is 11.9. The second kappa shape index (κ2) is 8.07. The molecule has 0 rings (SSSR count). The van der Waals surface area contributed by atoms with E-state index < -0.39 is 9.84 Å². The smallest absolute Gasteiger partial charge is 0.154 e. The summed E-state index contributed by atoms with van der Waals surface area (Å²) >= 11 is 0. The fourth-order valence-electron chi connectivity index (χ4n) is 1.39. The molecule has 0 fully saturated rings. The highest BCUT2D eigenvalue weighted by Gasteiger charge is 2.20. The number of hydrogen-bond donors (Lipinski definition) is 1. The molecule has 0 aromatic heterocycles. The average Bonchev–Trinajstić information content (AvgIpc) is 2.25. The van der Waals surface area contributed by atoms with Gasteiger partial charge in [-0.05, 0) is 26.7 Å². The van der Waals surface area contributed by atoms with Crippen LogP contribution in [0.3, 0.4) is 0 Å². The van der Waals surface area contributed by atoms with Crippen molar-refractivity contribution in [2.45, 2.75) is 64.7 Å². The van der Waals surface area contributed by atoms with Gasteiger partial charge in [-0.2, -0.15) is 0 Å². The SMILES string of the molecule is CCCCCS(=O)(=O)C(C)CNC(C)CC. The zero-order valence-electron chi connectivity index (χ0n) is 11.1. The van der Waals surface area contributed by atoms with Gasteiger partial charge in [-0.3, -0.25) is 0 Å². The number of sulfone groups is 1. The third-order valence-electron chi connectivity index (χ3n) is 3.01. The zero-order valence-corrected chi connectivity index (χ0v) is 11.9. The van der Waals surface area contributed by atoms with E-state index in [0.29, 0.717) is 18.3 Å². The molecule has 0 aromatic carbocycles. The standard InChI is InChI=1S/C12H27NO2S/c1-5-7-8-9-16(14,15)12(4)10-13-11(3)6-2/h11-13H,5-10H2,1-4H3. The zero-order chi connectivity index (χ0) is 12.6. The Morgan fingerprint density at radius 1 is 1.12 bits per heavy atom. The van der Waals surface area contributed by atoms with Crippen molar-refractivity contribution in [3.63, 3.8) is 0 Å². The molecule has 0 aromatic rings. The molecule has 1 N–H and O–H groups in total. The maximum absolute atomic E-state index is 11.9. The third-order valence-corrected chi connectivity index (χ3v) is 5.26. The lowest BCUT2D eigenvalue weighted by Crippen LogP contribution is -2.36. The van der Waals surface area contributed by atoms with E-state index in [2.05, 4.69) is 26.1 Å². The monoisotopic (exact) mass is 249 g/mol. The van der Waals surface area contributed by atoms with Gasteiger partial charge < -0.3 is 5.32 Å². The van der Waals surface area contributed by atoms with E-state index in [1.807, 2.05) is 0 Å². The van der Waals surface area contributed by atoms with Crippen molar-refractivity contribution >= 4 is 9.84 Å². The molecule has 2 unspecified atom stereocenters. The van der Waals surface area contributed by atoms with Gasteiger partial charge in [0, 0.05) is 12.6 Å². The Labute approximate surface area is 101 Å². The minimum Gasteiger partial charge on any atom is -0.313 e. The first-order valence-electron chi connectivity index (χ1n) is 6.39. The fourth-order valence-corrected chi connectivity index (χ4v) is 2.75. The average molecular weight is 249 g/mol. The van der Waals surface area contributed by atoms with E-state index in [1.165, 1.54) is 0 Å². The molecule has 0 aliphatic heterocycles. The molecule has 16 heavy (non-hydrogen) atoms. The van der Waals surface area contributed by atoms with Crippen LogP contribution < -0.4 is 5.32 Å². The van der Waals surface area contributed by atoms with E-state index in [9.17, 15) is 8.42 Å². The van der Waals surface area contributed by atoms with Crippen LogP contribution >= 0.6 is 0 Å². The van der Waals surface area contributed by atoms with Gasteiger partial charge >= 0.3 is 0 Å². The number of hydrogen-bond acceptors (Lipinski definition) is 3. The lowest BCUT2D eigenvalue weighted by molar-refractivity contribution is 0.519. The topological polar surface area (TPSA) is 46.2 Å². The Balaban J connectivity index is 3.99. The predicted molar refractivity (Wildman–Crippen MR) is 70.5 cm³/mol. The van der Waals surface area contributed by atoms with Gasteiger partial charge in [0.25, 0.3) is 0 Å². The van der Waals surface area contributed by atoms with E-state index in [0.717, 1.165) is 25.7 Å². The largest absolute Gasteiger partial charge is 0.313 e. The summed E-state index contributed by atoms with van der Waals surface area (Å²) < 4.78 is 23.7. The molecule has 0 aliphatic carbocycles. The van der Waals surface area contributed by atoms with Gasteiger partial charge in [-0.1, -0.05) is 26.7 Å². The Morgan fingerprint density at radius 3 is 2.25 bits per heavy atom. The maximum Gasteiger partial charge on any atom is 0.154 e. The summed E-state index contributed by atoms with van der Waals surface area (Å²) in [6.45, 7) is 8.63. The van der Waals surface area contributed by atoms with E-state index >= 15 is 0 Å². The van der Waals surface area contributed by atoms with Crippen LogP contribution in [0.4, 0.5) is 0 Å². The van der Waals surface area contributed by atoms with Crippen LogP contribution in [-0.2, 0) is 9.84 Å². The van der Waals surface area contributed by atoms with Gasteiger partial charge in [0.2, 0.25) is 0 Å². The summed E-state index contributed by atoms with van der Waals surface area (Å²) in [5.41, 5.74) is 0. The molecule has 0 spiro atoms. The molecule has 2 atom stereocenters. The minimum absolute atomic E-state index is 0.265. The molecule has 4 heteroatoms. The Morgan fingerprint density at radius 2 is 1.75 bits per heavy atom. The highest BCUT2D eigenvalue weighted by atomic mass is 32.2. The van der Waals surface area contributed by atoms with Crippen LogP contribution in [0, 0.1) is 0 Å². The van der Waals surface area contributed by atoms with Crippen molar-refractivity contribution in [2.24, 2.45) is 0 Å². The molecule has 0 aliphatic rings. The normalized spacial score (nSPS) is 16.0. The molecule has 0 amide bonds. The summed E-state index contributed by atoms with van der Waals surface area (Å²) in [6, 6.07) is 0.397. The van der Waals surface area contributed by atoms with Crippen molar-refractivity contribution in [1.29, 1.82) is 0 Å². The fraction of sp³-hybridized carbons (Fsp3) is 1.00. The molecule has 3 nitrogen and oxygen atoms in total. The quantitative estimate of drug-likeness (QED) is 0.638. The van der Waals surface area contributed by atoms with Crippen LogP contribution in [0.2, 0.25) is 0 Å². The Bertz CT molecular complexity index is 262. The minimum atomic E-state index is -2.90. The first-order valence-corrected chi connectivity index (χ1v) is 8.10. The number of unbranched alkanes of at least 4 members (excludes halogenated alkanes) is 2. The molecule has 0 bridgehead atoms. The molecule has 0 saturated heterocycles. The van der Waals surface area contributed by atoms with Crippen molar-refractivity contribution in [2.75, 3.05) is 12.3 Å². The van der Waals surface area contributed by atoms with Crippen LogP contribution in [0.15, 0.2) is 0 Å². The summed E-state index contributed by atoms with van der Waals surface area (Å²) in [7, 11) is -2.90. The van der Waals surface area contributed by atoms with Gasteiger partial charge in [-0.15, -0.1) is 0 Å². The van der Waals surface area contributed by atoms with Crippen molar-refractivity contribution in [3.05, 3.63) is 0 Å². The second-order valence-corrected chi connectivity index (χ2v) is 7.14. The van der Waals surface area contributed by atoms with Crippen molar-refractivity contribution in [1.82, 2.24) is 5.32 Å². The van der Waals surface area contributed by atoms with Crippen molar-refractivity contribution in [3.8, 4) is 0 Å². The highest BCUT2D eigenvalue weighted by molar-refractivity contribution is 7.92. The first-order chi connectivity index (χ1) is 7.44. The van der Waals surface area contributed by atoms with Gasteiger partial charge in [0.15, 0.2) is 9.84 Å². The van der Waals surface area contributed by atoms with Crippen LogP contribution in [0.25, 0.3) is 0 Å². The first kappa shape index (κ1) is 15.9. The molecular weight excluding hydrogens is 222 g/mol. The van der Waals surface area contributed by atoms with Gasteiger partial charge in [0.1, 0.15) is 0 Å². The van der Waals surface area contributed by atoms with E-state index in [-0.39, 0.29) is 5.25 Å². The van der Waals surface area contributed by atoms with Crippen LogP contribution in [0.5, 0.6) is 0 Å². The summed E-state index contributed by atoms with van der Waals surface area (Å²) in [5, 5.41) is 2.98. The summed E-state index contributed by atoms with van der Waals surface area (Å²) in [6.07, 6.45) is 3.90. The second-order valence-electron chi connectivity index (χ2n) is 4.60. The third kappa shape index (κ3) is 6.48. The predicted octanol–water partition coefficient (Wildman–Crippen LogP) is 2.37. The lowest BCUT2D eigenvalue weighted by atomic mass is 10.2. The molecule has 0 heterocycles. The van der Waals surface area contributed by atoms with Crippen LogP contribution in [0.1, 0.15) is 53.4 Å². The van der Waals surface area contributed by atoms with E-state index in [4.69, 9.17) is 0 Å². The number of rotatable bonds is 9.